The maximum Gasteiger partial charge on any atom is 0.573 e. The van der Waals surface area contributed by atoms with Crippen molar-refractivity contribution in [1.29, 1.82) is 0 Å². The number of halogens is 5. The van der Waals surface area contributed by atoms with Gasteiger partial charge < -0.3 is 24.4 Å². The van der Waals surface area contributed by atoms with Gasteiger partial charge in [0.25, 0.3) is 0 Å². The van der Waals surface area contributed by atoms with Gasteiger partial charge in [-0.05, 0) is 55.3 Å². The van der Waals surface area contributed by atoms with Crippen molar-refractivity contribution in [2.75, 3.05) is 46.9 Å². The van der Waals surface area contributed by atoms with Gasteiger partial charge in [-0.2, -0.15) is 0 Å². The highest BCUT2D eigenvalue weighted by Gasteiger charge is 2.40. The highest BCUT2D eigenvalue weighted by Crippen LogP contribution is 2.43. The molecular weight excluding hydrogens is 528 g/mol. The second-order valence-electron chi connectivity index (χ2n) is 9.86. The molecule has 2 fully saturated rings. The SMILES string of the molecule is COc1ccc(C(CN2CCN(C)CC2)C2(O)CCCCC2)cc1-c1cccc(OC(F)(F)F)c1.Cl.Cl. The molecule has 1 aliphatic heterocycles. The van der Waals surface area contributed by atoms with Crippen molar-refractivity contribution in [2.45, 2.75) is 50.0 Å². The number of methoxy groups -OCH3 is 1. The highest BCUT2D eigenvalue weighted by atomic mass is 35.5. The predicted molar refractivity (Wildman–Crippen MR) is 144 cm³/mol. The average molecular weight is 566 g/mol. The van der Waals surface area contributed by atoms with Crippen molar-refractivity contribution in [3.05, 3.63) is 48.0 Å². The third kappa shape index (κ3) is 8.14. The summed E-state index contributed by atoms with van der Waals surface area (Å²) in [5, 5.41) is 11.8. The van der Waals surface area contributed by atoms with Crippen LogP contribution in [0.4, 0.5) is 13.2 Å². The summed E-state index contributed by atoms with van der Waals surface area (Å²) in [4.78, 5) is 4.72. The molecule has 0 spiro atoms. The minimum Gasteiger partial charge on any atom is -0.496 e. The lowest BCUT2D eigenvalue weighted by molar-refractivity contribution is -0.274. The van der Waals surface area contributed by atoms with Crippen LogP contribution in [0.25, 0.3) is 11.1 Å². The highest BCUT2D eigenvalue weighted by molar-refractivity contribution is 5.85. The Labute approximate surface area is 229 Å². The molecule has 1 saturated carbocycles. The van der Waals surface area contributed by atoms with Crippen LogP contribution in [-0.2, 0) is 0 Å². The summed E-state index contributed by atoms with van der Waals surface area (Å²) < 4.78 is 48.1. The molecule has 0 amide bonds. The van der Waals surface area contributed by atoms with Gasteiger partial charge in [0.15, 0.2) is 0 Å². The third-order valence-corrected chi connectivity index (χ3v) is 7.41. The largest absolute Gasteiger partial charge is 0.573 e. The fraction of sp³-hybridized carbons (Fsp3) is 0.556. The second kappa shape index (κ2) is 13.4. The summed E-state index contributed by atoms with van der Waals surface area (Å²) in [7, 11) is 3.67. The minimum atomic E-state index is -4.76. The maximum atomic E-state index is 12.8. The molecule has 2 aromatic rings. The number of alkyl halides is 3. The van der Waals surface area contributed by atoms with Crippen molar-refractivity contribution < 1.29 is 27.8 Å². The minimum absolute atomic E-state index is 0. The Hall–Kier alpha value is -1.71. The Morgan fingerprint density at radius 2 is 1.65 bits per heavy atom. The number of nitrogens with zero attached hydrogens (tertiary/aromatic N) is 2. The Morgan fingerprint density at radius 3 is 2.27 bits per heavy atom. The lowest BCUT2D eigenvalue weighted by atomic mass is 9.72. The molecule has 1 saturated heterocycles. The molecule has 1 atom stereocenters. The topological polar surface area (TPSA) is 45.2 Å². The fourth-order valence-corrected chi connectivity index (χ4v) is 5.42. The van der Waals surface area contributed by atoms with E-state index in [0.717, 1.165) is 70.4 Å². The normalized spacial score (nSPS) is 19.3. The van der Waals surface area contributed by atoms with E-state index in [0.29, 0.717) is 16.9 Å². The van der Waals surface area contributed by atoms with E-state index in [1.807, 2.05) is 18.2 Å². The van der Waals surface area contributed by atoms with Crippen LogP contribution in [0.3, 0.4) is 0 Å². The molecule has 1 aliphatic carbocycles. The lowest BCUT2D eigenvalue weighted by Crippen LogP contribution is -2.50. The van der Waals surface area contributed by atoms with Gasteiger partial charge in [0.2, 0.25) is 0 Å². The molecular formula is C27H37Cl2F3N2O3. The fourth-order valence-electron chi connectivity index (χ4n) is 5.42. The number of ether oxygens (including phenoxy) is 2. The quantitative estimate of drug-likeness (QED) is 0.438. The smallest absolute Gasteiger partial charge is 0.496 e. The Bertz CT molecular complexity index is 995. The molecule has 10 heteroatoms. The molecule has 208 valence electrons. The number of rotatable bonds is 7. The maximum absolute atomic E-state index is 12.8. The van der Waals surface area contributed by atoms with Crippen LogP contribution in [0.2, 0.25) is 0 Å². The molecule has 37 heavy (non-hydrogen) atoms. The first-order valence-electron chi connectivity index (χ1n) is 12.3. The number of hydrogen-bond donors (Lipinski definition) is 1. The number of benzene rings is 2. The van der Waals surface area contributed by atoms with Crippen LogP contribution in [0.1, 0.15) is 43.6 Å². The molecule has 5 nitrogen and oxygen atoms in total. The van der Waals surface area contributed by atoms with E-state index in [2.05, 4.69) is 21.6 Å². The predicted octanol–water partition coefficient (Wildman–Crippen LogP) is 6.13. The molecule has 0 radical (unpaired) electrons. The molecule has 1 unspecified atom stereocenters. The Kier molecular flexibility index (Phi) is 11.4. The van der Waals surface area contributed by atoms with Crippen molar-refractivity contribution in [3.63, 3.8) is 0 Å². The van der Waals surface area contributed by atoms with Crippen LogP contribution >= 0.6 is 24.8 Å². The standard InChI is InChI=1S/C27H35F3N2O3.2ClH/c1-31-13-15-32(16-14-31)19-24(26(33)11-4-3-5-12-26)21-9-10-25(34-2)23(18-21)20-7-6-8-22(17-20)35-27(28,29)30;;/h6-10,17-18,24,33H,3-5,11-16,19H2,1-2H3;2*1H. The van der Waals surface area contributed by atoms with Gasteiger partial charge in [-0.3, -0.25) is 0 Å². The zero-order valence-electron chi connectivity index (χ0n) is 21.3. The first-order valence-corrected chi connectivity index (χ1v) is 12.3. The van der Waals surface area contributed by atoms with E-state index in [4.69, 9.17) is 4.74 Å². The van der Waals surface area contributed by atoms with Crippen molar-refractivity contribution in [1.82, 2.24) is 9.80 Å². The van der Waals surface area contributed by atoms with Gasteiger partial charge in [-0.25, -0.2) is 0 Å². The van der Waals surface area contributed by atoms with Crippen LogP contribution in [0.15, 0.2) is 42.5 Å². The summed E-state index contributed by atoms with van der Waals surface area (Å²) in [5.74, 6) is 0.180. The summed E-state index contributed by atoms with van der Waals surface area (Å²) in [6.45, 7) is 4.62. The first-order chi connectivity index (χ1) is 16.7. The zero-order valence-corrected chi connectivity index (χ0v) is 22.9. The zero-order chi connectivity index (χ0) is 25.1. The summed E-state index contributed by atoms with van der Waals surface area (Å²) in [6, 6.07) is 11.8. The first kappa shape index (κ1) is 31.5. The van der Waals surface area contributed by atoms with Gasteiger partial charge in [0, 0.05) is 44.2 Å². The van der Waals surface area contributed by atoms with Crippen molar-refractivity contribution in [2.24, 2.45) is 0 Å². The van der Waals surface area contributed by atoms with Gasteiger partial charge in [-0.1, -0.05) is 37.5 Å². The molecule has 0 bridgehead atoms. The van der Waals surface area contributed by atoms with Crippen LogP contribution in [0, 0.1) is 0 Å². The molecule has 1 heterocycles. The molecule has 2 aromatic carbocycles. The van der Waals surface area contributed by atoms with Gasteiger partial charge >= 0.3 is 6.36 Å². The van der Waals surface area contributed by atoms with E-state index in [1.165, 1.54) is 12.1 Å². The van der Waals surface area contributed by atoms with E-state index >= 15 is 0 Å². The summed E-state index contributed by atoms with van der Waals surface area (Å²) in [5.41, 5.74) is 1.42. The molecule has 0 aromatic heterocycles. The molecule has 2 aliphatic rings. The van der Waals surface area contributed by atoms with Gasteiger partial charge in [0.05, 0.1) is 12.7 Å². The second-order valence-corrected chi connectivity index (χ2v) is 9.86. The van der Waals surface area contributed by atoms with E-state index in [9.17, 15) is 18.3 Å². The third-order valence-electron chi connectivity index (χ3n) is 7.41. The van der Waals surface area contributed by atoms with E-state index < -0.39 is 12.0 Å². The number of aliphatic hydroxyl groups is 1. The van der Waals surface area contributed by atoms with Crippen molar-refractivity contribution >= 4 is 24.8 Å². The van der Waals surface area contributed by atoms with E-state index in [-0.39, 0.29) is 36.5 Å². The lowest BCUT2D eigenvalue weighted by Gasteiger charge is -2.43. The molecule has 1 N–H and O–H groups in total. The summed E-state index contributed by atoms with van der Waals surface area (Å²) in [6.07, 6.45) is -0.139. The van der Waals surface area contributed by atoms with Crippen LogP contribution in [-0.4, -0.2) is 73.8 Å². The molecule has 4 rings (SSSR count). The average Bonchev–Trinajstić information content (AvgIpc) is 2.83. The number of piperazine rings is 1. The monoisotopic (exact) mass is 564 g/mol. The number of likely N-dealkylation sites (N-methyl/N-ethyl adjacent to an activating group) is 1. The van der Waals surface area contributed by atoms with Crippen molar-refractivity contribution in [3.8, 4) is 22.6 Å². The van der Waals surface area contributed by atoms with Gasteiger partial charge in [-0.15, -0.1) is 38.0 Å². The number of hydrogen-bond acceptors (Lipinski definition) is 5. The summed E-state index contributed by atoms with van der Waals surface area (Å²) >= 11 is 0. The van der Waals surface area contributed by atoms with Crippen LogP contribution in [0.5, 0.6) is 11.5 Å². The Morgan fingerprint density at radius 1 is 0.973 bits per heavy atom. The van der Waals surface area contributed by atoms with E-state index in [1.54, 1.807) is 19.2 Å². The Balaban J connectivity index is 0.00000241. The van der Waals surface area contributed by atoms with Gasteiger partial charge in [0.1, 0.15) is 11.5 Å². The van der Waals surface area contributed by atoms with Crippen LogP contribution < -0.4 is 9.47 Å².